The summed E-state index contributed by atoms with van der Waals surface area (Å²) in [6.07, 6.45) is 1.74. The highest BCUT2D eigenvalue weighted by molar-refractivity contribution is 9.11. The van der Waals surface area contributed by atoms with Gasteiger partial charge in [0.15, 0.2) is 0 Å². The topological polar surface area (TPSA) is 40.6 Å². The maximum Gasteiger partial charge on any atom is 0.252 e. The summed E-state index contributed by atoms with van der Waals surface area (Å²) in [5, 5.41) is 0.446. The third-order valence-electron chi connectivity index (χ3n) is 4.00. The normalized spacial score (nSPS) is 18.8. The second kappa shape index (κ2) is 6.84. The van der Waals surface area contributed by atoms with Crippen LogP contribution in [0.3, 0.4) is 0 Å². The van der Waals surface area contributed by atoms with E-state index in [0.717, 1.165) is 37.3 Å². The SMILES string of the molecule is CC(C)N1CCC(N(C)S(=O)(=O)c2cc(Cl)c(Br)s2)CC1. The summed E-state index contributed by atoms with van der Waals surface area (Å²) in [4.78, 5) is 2.38. The van der Waals surface area contributed by atoms with E-state index in [-0.39, 0.29) is 6.04 Å². The lowest BCUT2D eigenvalue weighted by Gasteiger charge is -2.37. The summed E-state index contributed by atoms with van der Waals surface area (Å²) < 4.78 is 27.8. The zero-order valence-corrected chi connectivity index (χ0v) is 16.3. The lowest BCUT2D eigenvalue weighted by molar-refractivity contribution is 0.140. The van der Waals surface area contributed by atoms with Crippen LogP contribution in [0.2, 0.25) is 5.02 Å². The van der Waals surface area contributed by atoms with Crippen molar-refractivity contribution < 1.29 is 8.42 Å². The second-order valence-corrected chi connectivity index (χ2v) is 10.6. The van der Waals surface area contributed by atoms with Gasteiger partial charge in [-0.15, -0.1) is 11.3 Å². The van der Waals surface area contributed by atoms with Crippen molar-refractivity contribution in [2.24, 2.45) is 0 Å². The first-order chi connectivity index (χ1) is 9.73. The van der Waals surface area contributed by atoms with Crippen LogP contribution in [-0.2, 0) is 10.0 Å². The second-order valence-electron chi connectivity index (χ2n) is 5.57. The molecule has 1 fully saturated rings. The van der Waals surface area contributed by atoms with Gasteiger partial charge in [0, 0.05) is 19.1 Å². The number of halogens is 2. The molecule has 8 heteroatoms. The lowest BCUT2D eigenvalue weighted by Crippen LogP contribution is -2.47. The van der Waals surface area contributed by atoms with Gasteiger partial charge in [-0.3, -0.25) is 0 Å². The Hall–Kier alpha value is 0.340. The Morgan fingerprint density at radius 2 is 2.00 bits per heavy atom. The predicted molar refractivity (Wildman–Crippen MR) is 91.7 cm³/mol. The third-order valence-corrected chi connectivity index (χ3v) is 8.83. The number of nitrogens with zero attached hydrogens (tertiary/aromatic N) is 2. The van der Waals surface area contributed by atoms with E-state index in [2.05, 4.69) is 34.7 Å². The van der Waals surface area contributed by atoms with E-state index in [1.807, 2.05) is 0 Å². The number of hydrogen-bond donors (Lipinski definition) is 0. The summed E-state index contributed by atoms with van der Waals surface area (Å²) in [5.41, 5.74) is 0. The standard InChI is InChI=1S/C13H20BrClN2O2S2/c1-9(2)17-6-4-10(5-7-17)16(3)21(18,19)12-8-11(15)13(14)20-12/h8-10H,4-7H2,1-3H3. The Labute approximate surface area is 144 Å². The van der Waals surface area contributed by atoms with Crippen molar-refractivity contribution in [2.75, 3.05) is 20.1 Å². The zero-order valence-electron chi connectivity index (χ0n) is 12.3. The molecule has 2 rings (SSSR count). The Kier molecular flexibility index (Phi) is 5.77. The molecule has 4 nitrogen and oxygen atoms in total. The molecule has 21 heavy (non-hydrogen) atoms. The van der Waals surface area contributed by atoms with Crippen LogP contribution in [-0.4, -0.2) is 49.8 Å². The largest absolute Gasteiger partial charge is 0.301 e. The first-order valence-electron chi connectivity index (χ1n) is 6.90. The van der Waals surface area contributed by atoms with Crippen LogP contribution in [0, 0.1) is 0 Å². The quantitative estimate of drug-likeness (QED) is 0.753. The first-order valence-corrected chi connectivity index (χ1v) is 10.3. The lowest BCUT2D eigenvalue weighted by atomic mass is 10.0. The van der Waals surface area contributed by atoms with Crippen LogP contribution in [0.5, 0.6) is 0 Å². The van der Waals surface area contributed by atoms with Crippen LogP contribution in [0.1, 0.15) is 26.7 Å². The third kappa shape index (κ3) is 3.82. The van der Waals surface area contributed by atoms with Gasteiger partial charge < -0.3 is 4.90 Å². The molecule has 1 saturated heterocycles. The van der Waals surface area contributed by atoms with Gasteiger partial charge in [-0.1, -0.05) is 11.6 Å². The van der Waals surface area contributed by atoms with Crippen LogP contribution in [0.25, 0.3) is 0 Å². The number of hydrogen-bond acceptors (Lipinski definition) is 4. The fourth-order valence-electron chi connectivity index (χ4n) is 2.56. The van der Waals surface area contributed by atoms with Gasteiger partial charge >= 0.3 is 0 Å². The van der Waals surface area contributed by atoms with Crippen molar-refractivity contribution >= 4 is 48.9 Å². The molecule has 1 aliphatic rings. The monoisotopic (exact) mass is 414 g/mol. The number of thiophene rings is 1. The number of rotatable bonds is 4. The van der Waals surface area contributed by atoms with E-state index >= 15 is 0 Å². The molecule has 1 aromatic rings. The minimum Gasteiger partial charge on any atom is -0.301 e. The van der Waals surface area contributed by atoms with E-state index < -0.39 is 10.0 Å². The van der Waals surface area contributed by atoms with Gasteiger partial charge in [0.05, 0.1) is 8.81 Å². The van der Waals surface area contributed by atoms with Crippen molar-refractivity contribution in [3.63, 3.8) is 0 Å². The highest BCUT2D eigenvalue weighted by Gasteiger charge is 2.32. The Balaban J connectivity index is 2.11. The summed E-state index contributed by atoms with van der Waals surface area (Å²) in [7, 11) is -1.79. The number of likely N-dealkylation sites (tertiary alicyclic amines) is 1. The average Bonchev–Trinajstić information content (AvgIpc) is 2.78. The molecule has 0 saturated carbocycles. The molecule has 1 aromatic heterocycles. The molecule has 0 radical (unpaired) electrons. The van der Waals surface area contributed by atoms with Crippen molar-refractivity contribution in [2.45, 2.75) is 43.0 Å². The Bertz CT molecular complexity index is 576. The zero-order chi connectivity index (χ0) is 15.8. The molecule has 0 N–H and O–H groups in total. The Morgan fingerprint density at radius 1 is 1.43 bits per heavy atom. The number of piperidine rings is 1. The molecule has 0 aromatic carbocycles. The van der Waals surface area contributed by atoms with Gasteiger partial charge in [-0.2, -0.15) is 4.31 Å². The summed E-state index contributed by atoms with van der Waals surface area (Å²) in [6, 6.07) is 2.09. The predicted octanol–water partition coefficient (Wildman–Crippen LogP) is 3.66. The van der Waals surface area contributed by atoms with Gasteiger partial charge in [-0.25, -0.2) is 8.42 Å². The maximum absolute atomic E-state index is 12.7. The molecular formula is C13H20BrClN2O2S2. The maximum atomic E-state index is 12.7. The van der Waals surface area contributed by atoms with Crippen LogP contribution >= 0.6 is 38.9 Å². The molecule has 0 aliphatic carbocycles. The molecule has 2 heterocycles. The highest BCUT2D eigenvalue weighted by Crippen LogP contribution is 2.36. The smallest absolute Gasteiger partial charge is 0.252 e. The van der Waals surface area contributed by atoms with Gasteiger partial charge in [-0.05, 0) is 61.8 Å². The summed E-state index contributed by atoms with van der Waals surface area (Å²) in [6.45, 7) is 6.23. The van der Waals surface area contributed by atoms with Crippen LogP contribution in [0.4, 0.5) is 0 Å². The molecule has 0 atom stereocenters. The van der Waals surface area contributed by atoms with Crippen LogP contribution in [0.15, 0.2) is 14.1 Å². The van der Waals surface area contributed by atoms with E-state index in [0.29, 0.717) is 19.1 Å². The average molecular weight is 416 g/mol. The molecule has 120 valence electrons. The fraction of sp³-hybridized carbons (Fsp3) is 0.692. The molecule has 1 aliphatic heterocycles. The van der Waals surface area contributed by atoms with E-state index in [4.69, 9.17) is 11.6 Å². The minimum absolute atomic E-state index is 0.0599. The first kappa shape index (κ1) is 17.7. The van der Waals surface area contributed by atoms with E-state index in [9.17, 15) is 8.42 Å². The van der Waals surface area contributed by atoms with E-state index in [1.165, 1.54) is 10.4 Å². The molecule has 0 unspecified atom stereocenters. The van der Waals surface area contributed by atoms with Gasteiger partial charge in [0.2, 0.25) is 0 Å². The minimum atomic E-state index is -3.46. The fourth-order valence-corrected chi connectivity index (χ4v) is 6.56. The number of sulfonamides is 1. The summed E-state index contributed by atoms with van der Waals surface area (Å²) in [5.74, 6) is 0. The van der Waals surface area contributed by atoms with Gasteiger partial charge in [0.25, 0.3) is 10.0 Å². The van der Waals surface area contributed by atoms with Gasteiger partial charge in [0.1, 0.15) is 4.21 Å². The van der Waals surface area contributed by atoms with Crippen molar-refractivity contribution in [3.8, 4) is 0 Å². The molecule has 0 bridgehead atoms. The summed E-state index contributed by atoms with van der Waals surface area (Å²) >= 11 is 10.4. The van der Waals surface area contributed by atoms with Crippen molar-refractivity contribution in [1.82, 2.24) is 9.21 Å². The highest BCUT2D eigenvalue weighted by atomic mass is 79.9. The van der Waals surface area contributed by atoms with Crippen molar-refractivity contribution in [1.29, 1.82) is 0 Å². The molecular weight excluding hydrogens is 396 g/mol. The van der Waals surface area contributed by atoms with Crippen molar-refractivity contribution in [3.05, 3.63) is 14.9 Å². The van der Waals surface area contributed by atoms with Crippen LogP contribution < -0.4 is 0 Å². The van der Waals surface area contributed by atoms with E-state index in [1.54, 1.807) is 7.05 Å². The Morgan fingerprint density at radius 3 is 2.43 bits per heavy atom. The molecule has 0 amide bonds. The molecule has 0 spiro atoms.